The van der Waals surface area contributed by atoms with E-state index in [-0.39, 0.29) is 93.9 Å². The summed E-state index contributed by atoms with van der Waals surface area (Å²) in [6, 6.07) is 0. The van der Waals surface area contributed by atoms with Gasteiger partial charge in [0.05, 0.1) is 0 Å². The maximum Gasteiger partial charge on any atom is 0.697 e. The molecular weight excluding hydrogens is 560 g/mol. The van der Waals surface area contributed by atoms with Gasteiger partial charge in [-0.1, -0.05) is 65.2 Å². The van der Waals surface area contributed by atoms with Crippen LogP contribution in [0.25, 0.3) is 0 Å². The third-order valence-electron chi connectivity index (χ3n) is 3.46. The number of hydrogen-bond donors (Lipinski definition) is 0. The summed E-state index contributed by atoms with van der Waals surface area (Å²) in [5.74, 6) is 0. The van der Waals surface area contributed by atoms with Crippen molar-refractivity contribution < 1.29 is 95.3 Å². The van der Waals surface area contributed by atoms with Crippen LogP contribution in [-0.4, -0.2) is 12.2 Å². The monoisotopic (exact) mass is 589 g/mol. The van der Waals surface area contributed by atoms with Crippen LogP contribution in [0.2, 0.25) is 0 Å². The Hall–Kier alpha value is 2.72. The van der Waals surface area contributed by atoms with Crippen molar-refractivity contribution in [2.45, 2.75) is 104 Å². The number of rotatable bonds is 14. The first-order valence-electron chi connectivity index (χ1n) is 8.40. The van der Waals surface area contributed by atoms with Crippen molar-refractivity contribution in [2.24, 2.45) is 0 Å². The summed E-state index contributed by atoms with van der Waals surface area (Å²) in [6.45, 7) is 8.36. The van der Waals surface area contributed by atoms with Crippen LogP contribution in [0.15, 0.2) is 0 Å². The van der Waals surface area contributed by atoms with Gasteiger partial charge in [-0.05, 0) is 26.7 Å². The van der Waals surface area contributed by atoms with Crippen molar-refractivity contribution >= 4 is 8.25 Å². The van der Waals surface area contributed by atoms with Gasteiger partial charge in [0.2, 0.25) is 0 Å². The van der Waals surface area contributed by atoms with Gasteiger partial charge >= 0.3 is 8.25 Å². The normalized spacial score (nSPS) is 13.7. The molecule has 6 heteroatoms. The molecule has 0 spiro atoms. The van der Waals surface area contributed by atoms with Gasteiger partial charge in [-0.3, -0.25) is 0 Å². The Kier molecular flexibility index (Phi) is 29.2. The molecule has 0 radical (unpaired) electrons. The van der Waals surface area contributed by atoms with Gasteiger partial charge in [0.1, 0.15) is 12.2 Å². The van der Waals surface area contributed by atoms with Crippen molar-refractivity contribution in [2.75, 3.05) is 0 Å². The van der Waals surface area contributed by atoms with E-state index >= 15 is 0 Å². The Morgan fingerprint density at radius 3 is 1.41 bits per heavy atom. The molecule has 0 saturated heterocycles. The van der Waals surface area contributed by atoms with E-state index in [9.17, 15) is 4.57 Å². The van der Waals surface area contributed by atoms with Crippen LogP contribution in [-0.2, 0) is 13.6 Å². The summed E-state index contributed by atoms with van der Waals surface area (Å²) in [6.07, 6.45) is 11.8. The standard InChI is InChI=1S/C16H34O3P.2Nd/c1-5-7-9-11-13-15(3)18-20(17)19-16(4)14-12-10-8-6-2;;/h15-16H,5-14H2,1-4H3;;/q+1;;. The molecule has 0 aromatic carbocycles. The molecule has 128 valence electrons. The average molecular weight is 594 g/mol. The Morgan fingerprint density at radius 1 is 0.727 bits per heavy atom. The molecule has 2 atom stereocenters. The van der Waals surface area contributed by atoms with E-state index in [1.807, 2.05) is 13.8 Å². The topological polar surface area (TPSA) is 35.5 Å². The Morgan fingerprint density at radius 2 is 1.09 bits per heavy atom. The minimum Gasteiger partial charge on any atom is -0.116 e. The first kappa shape index (κ1) is 29.5. The molecule has 0 heterocycles. The third kappa shape index (κ3) is 20.8. The summed E-state index contributed by atoms with van der Waals surface area (Å²) >= 11 is 0. The first-order chi connectivity index (χ1) is 9.60. The van der Waals surface area contributed by atoms with Gasteiger partial charge in [-0.25, -0.2) is 0 Å². The molecule has 0 fully saturated rings. The summed E-state index contributed by atoms with van der Waals surface area (Å²) in [4.78, 5) is 0. The van der Waals surface area contributed by atoms with E-state index in [2.05, 4.69) is 13.8 Å². The van der Waals surface area contributed by atoms with Gasteiger partial charge in [0.25, 0.3) is 0 Å². The predicted molar refractivity (Wildman–Crippen MR) is 86.2 cm³/mol. The van der Waals surface area contributed by atoms with Crippen LogP contribution in [0.1, 0.15) is 91.9 Å². The first-order valence-corrected chi connectivity index (χ1v) is 9.50. The van der Waals surface area contributed by atoms with Gasteiger partial charge in [0.15, 0.2) is 0 Å². The molecule has 0 aliphatic carbocycles. The molecule has 0 N–H and O–H groups in total. The van der Waals surface area contributed by atoms with E-state index < -0.39 is 8.25 Å². The average Bonchev–Trinajstić information content (AvgIpc) is 2.39. The quantitative estimate of drug-likeness (QED) is 0.173. The Bertz CT molecular complexity index is 221. The molecule has 2 unspecified atom stereocenters. The van der Waals surface area contributed by atoms with Gasteiger partial charge in [0, 0.05) is 86.2 Å². The van der Waals surface area contributed by atoms with Crippen molar-refractivity contribution in [3.05, 3.63) is 0 Å². The van der Waals surface area contributed by atoms with Gasteiger partial charge in [-0.2, -0.15) is 0 Å². The molecule has 0 aliphatic rings. The predicted octanol–water partition coefficient (Wildman–Crippen LogP) is 6.39. The fourth-order valence-electron chi connectivity index (χ4n) is 2.14. The van der Waals surface area contributed by atoms with E-state index in [1.54, 1.807) is 0 Å². The molecule has 0 aromatic rings. The minimum absolute atomic E-state index is 0. The van der Waals surface area contributed by atoms with Crippen LogP contribution in [0.5, 0.6) is 0 Å². The van der Waals surface area contributed by atoms with Crippen LogP contribution in [0, 0.1) is 81.7 Å². The molecule has 3 nitrogen and oxygen atoms in total. The minimum atomic E-state index is -1.96. The molecule has 0 saturated carbocycles. The fourth-order valence-corrected chi connectivity index (χ4v) is 2.99. The van der Waals surface area contributed by atoms with Gasteiger partial charge in [-0.15, -0.1) is 9.05 Å². The zero-order chi connectivity index (χ0) is 15.2. The van der Waals surface area contributed by atoms with Crippen molar-refractivity contribution in [1.82, 2.24) is 0 Å². The molecule has 22 heavy (non-hydrogen) atoms. The molecule has 0 rings (SSSR count). The molecule has 0 amide bonds. The number of hydrogen-bond acceptors (Lipinski definition) is 3. The Labute approximate surface area is 204 Å². The molecular formula is C16H34Nd2O3P+. The number of unbranched alkanes of at least 4 members (excludes halogenated alkanes) is 6. The maximum absolute atomic E-state index is 11.7. The van der Waals surface area contributed by atoms with Crippen molar-refractivity contribution in [3.8, 4) is 0 Å². The van der Waals surface area contributed by atoms with Crippen LogP contribution in [0.3, 0.4) is 0 Å². The van der Waals surface area contributed by atoms with E-state index in [4.69, 9.17) is 9.05 Å². The van der Waals surface area contributed by atoms with Crippen LogP contribution in [0.4, 0.5) is 0 Å². The summed E-state index contributed by atoms with van der Waals surface area (Å²) in [5, 5.41) is 0. The van der Waals surface area contributed by atoms with Gasteiger partial charge < -0.3 is 0 Å². The van der Waals surface area contributed by atoms with Crippen LogP contribution < -0.4 is 0 Å². The van der Waals surface area contributed by atoms with E-state index in [0.29, 0.717) is 0 Å². The summed E-state index contributed by atoms with van der Waals surface area (Å²) in [5.41, 5.74) is 0. The second kappa shape index (κ2) is 21.8. The Balaban J connectivity index is -0.00000180. The molecule has 0 aromatic heterocycles. The zero-order valence-corrected chi connectivity index (χ0v) is 22.2. The van der Waals surface area contributed by atoms with E-state index in [1.165, 1.54) is 38.5 Å². The smallest absolute Gasteiger partial charge is 0.116 e. The SMILES string of the molecule is CCCCCCC(C)O[P+](=O)OC(C)CCCCCC.[Nd].[Nd]. The van der Waals surface area contributed by atoms with Crippen molar-refractivity contribution in [1.29, 1.82) is 0 Å². The maximum atomic E-state index is 11.7. The second-order valence-corrected chi connectivity index (χ2v) is 6.62. The summed E-state index contributed by atoms with van der Waals surface area (Å²) < 4.78 is 22.6. The summed E-state index contributed by atoms with van der Waals surface area (Å²) in [7, 11) is -1.96. The van der Waals surface area contributed by atoms with Crippen LogP contribution >= 0.6 is 8.25 Å². The largest absolute Gasteiger partial charge is 0.697 e. The molecule has 0 bridgehead atoms. The zero-order valence-electron chi connectivity index (χ0n) is 14.9. The molecule has 0 aliphatic heterocycles. The third-order valence-corrected chi connectivity index (χ3v) is 4.52. The van der Waals surface area contributed by atoms with Crippen molar-refractivity contribution in [3.63, 3.8) is 0 Å². The second-order valence-electron chi connectivity index (χ2n) is 5.75. The van der Waals surface area contributed by atoms with E-state index in [0.717, 1.165) is 25.7 Å². The fraction of sp³-hybridized carbons (Fsp3) is 1.00.